The van der Waals surface area contributed by atoms with E-state index in [1.54, 1.807) is 23.8 Å². The molecule has 4 aromatic rings. The fraction of sp³-hybridized carbons (Fsp3) is 0.292. The van der Waals surface area contributed by atoms with E-state index in [2.05, 4.69) is 10.2 Å². The van der Waals surface area contributed by atoms with Crippen LogP contribution in [0.2, 0.25) is 0 Å². The van der Waals surface area contributed by atoms with Crippen molar-refractivity contribution >= 4 is 27.3 Å². The number of carbonyl (C=O) groups excluding carboxylic acids is 1. The Balaban J connectivity index is 1.24. The Morgan fingerprint density at radius 3 is 2.73 bits per heavy atom. The van der Waals surface area contributed by atoms with Gasteiger partial charge in [-0.2, -0.15) is 0 Å². The molecule has 2 aromatic heterocycles. The molecule has 1 aliphatic heterocycles. The van der Waals surface area contributed by atoms with E-state index in [9.17, 15) is 9.18 Å². The van der Waals surface area contributed by atoms with E-state index in [-0.39, 0.29) is 17.6 Å². The highest BCUT2D eigenvalue weighted by molar-refractivity contribution is 7.20. The van der Waals surface area contributed by atoms with Gasteiger partial charge in [0.2, 0.25) is 16.0 Å². The maximum absolute atomic E-state index is 13.1. The average Bonchev–Trinajstić information content (AvgIpc) is 3.43. The van der Waals surface area contributed by atoms with Crippen molar-refractivity contribution in [3.8, 4) is 17.0 Å². The monoisotopic (exact) mass is 465 g/mol. The molecule has 1 amide bonds. The molecule has 5 rings (SSSR count). The maximum Gasteiger partial charge on any atom is 0.225 e. The summed E-state index contributed by atoms with van der Waals surface area (Å²) in [6, 6.07) is 14.0. The summed E-state index contributed by atoms with van der Waals surface area (Å²) in [4.78, 5) is 20.4. The highest BCUT2D eigenvalue weighted by Crippen LogP contribution is 2.30. The minimum atomic E-state index is -0.279. The number of nitrogens with zero attached hydrogens (tertiary/aromatic N) is 4. The van der Waals surface area contributed by atoms with E-state index in [0.717, 1.165) is 52.0 Å². The standard InChI is InChI=1S/C24H24FN5O2S/c1-32-20-10-6-17(7-11-20)21-15-30-23(27-21)33-24(28-30)29-12-2-3-18(14-29)22(31)26-13-16-4-8-19(25)9-5-16/h4-11,15,18H,2-3,12-14H2,1H3,(H,26,31). The molecule has 9 heteroatoms. The van der Waals surface area contributed by atoms with E-state index in [1.807, 2.05) is 30.5 Å². The smallest absolute Gasteiger partial charge is 0.225 e. The van der Waals surface area contributed by atoms with Gasteiger partial charge in [-0.3, -0.25) is 4.79 Å². The van der Waals surface area contributed by atoms with Crippen molar-refractivity contribution < 1.29 is 13.9 Å². The van der Waals surface area contributed by atoms with Crippen molar-refractivity contribution in [1.82, 2.24) is 19.9 Å². The van der Waals surface area contributed by atoms with Crippen molar-refractivity contribution in [2.45, 2.75) is 19.4 Å². The number of nitrogens with one attached hydrogen (secondary N) is 1. The summed E-state index contributed by atoms with van der Waals surface area (Å²) in [5.74, 6) is 0.442. The number of fused-ring (bicyclic) bond motifs is 1. The number of carbonyl (C=O) groups is 1. The number of ether oxygens (including phenoxy) is 1. The molecule has 170 valence electrons. The number of rotatable bonds is 6. The lowest BCUT2D eigenvalue weighted by Gasteiger charge is -2.31. The van der Waals surface area contributed by atoms with Gasteiger partial charge in [0.15, 0.2) is 0 Å². The van der Waals surface area contributed by atoms with Gasteiger partial charge in [0, 0.05) is 25.2 Å². The van der Waals surface area contributed by atoms with Crippen LogP contribution in [0.4, 0.5) is 9.52 Å². The summed E-state index contributed by atoms with van der Waals surface area (Å²) < 4.78 is 20.1. The third-order valence-electron chi connectivity index (χ3n) is 5.86. The highest BCUT2D eigenvalue weighted by atomic mass is 32.1. The van der Waals surface area contributed by atoms with Crippen molar-refractivity contribution in [1.29, 1.82) is 0 Å². The molecular formula is C24H24FN5O2S. The lowest BCUT2D eigenvalue weighted by Crippen LogP contribution is -2.43. The molecule has 0 saturated carbocycles. The van der Waals surface area contributed by atoms with E-state index in [0.29, 0.717) is 13.1 Å². The second-order valence-corrected chi connectivity index (χ2v) is 9.03. The topological polar surface area (TPSA) is 71.8 Å². The zero-order valence-corrected chi connectivity index (χ0v) is 19.0. The number of anilines is 1. The molecule has 0 bridgehead atoms. The van der Waals surface area contributed by atoms with Crippen molar-refractivity contribution in [2.24, 2.45) is 5.92 Å². The van der Waals surface area contributed by atoms with Crippen molar-refractivity contribution in [3.05, 3.63) is 66.1 Å². The number of imidazole rings is 1. The Bertz CT molecular complexity index is 1220. The number of hydrogen-bond donors (Lipinski definition) is 1. The predicted molar refractivity (Wildman–Crippen MR) is 126 cm³/mol. The number of hydrogen-bond acceptors (Lipinski definition) is 6. The summed E-state index contributed by atoms with van der Waals surface area (Å²) in [5, 5.41) is 8.57. The summed E-state index contributed by atoms with van der Waals surface area (Å²) in [7, 11) is 1.65. The van der Waals surface area contributed by atoms with Crippen LogP contribution in [0, 0.1) is 11.7 Å². The third kappa shape index (κ3) is 4.68. The molecule has 3 heterocycles. The summed E-state index contributed by atoms with van der Waals surface area (Å²) in [6.07, 6.45) is 3.69. The molecule has 2 aromatic carbocycles. The molecule has 1 aliphatic rings. The number of aromatic nitrogens is 3. The molecule has 1 unspecified atom stereocenters. The van der Waals surface area contributed by atoms with Gasteiger partial charge < -0.3 is 15.0 Å². The normalized spacial score (nSPS) is 16.2. The Labute approximate surface area is 194 Å². The molecule has 1 fully saturated rings. The van der Waals surface area contributed by atoms with Crippen LogP contribution in [0.15, 0.2) is 54.7 Å². The number of benzene rings is 2. The van der Waals surface area contributed by atoms with Crippen LogP contribution in [-0.2, 0) is 11.3 Å². The Morgan fingerprint density at radius 2 is 2.00 bits per heavy atom. The van der Waals surface area contributed by atoms with Crippen LogP contribution in [-0.4, -0.2) is 40.7 Å². The fourth-order valence-electron chi connectivity index (χ4n) is 4.02. The molecule has 0 radical (unpaired) electrons. The van der Waals surface area contributed by atoms with Crippen LogP contribution in [0.25, 0.3) is 16.2 Å². The number of piperidine rings is 1. The number of halogens is 1. The molecule has 7 nitrogen and oxygen atoms in total. The third-order valence-corrected chi connectivity index (χ3v) is 6.84. The molecule has 1 saturated heterocycles. The Hall–Kier alpha value is -3.46. The molecule has 0 aliphatic carbocycles. The van der Waals surface area contributed by atoms with Gasteiger partial charge in [0.05, 0.1) is 24.9 Å². The number of methoxy groups -OCH3 is 1. The molecular weight excluding hydrogens is 441 g/mol. The van der Waals surface area contributed by atoms with E-state index >= 15 is 0 Å². The second-order valence-electron chi connectivity index (χ2n) is 8.10. The van der Waals surface area contributed by atoms with Crippen LogP contribution >= 0.6 is 11.3 Å². The molecule has 1 N–H and O–H groups in total. The van der Waals surface area contributed by atoms with Gasteiger partial charge in [0.1, 0.15) is 11.6 Å². The van der Waals surface area contributed by atoms with Crippen LogP contribution < -0.4 is 15.0 Å². The zero-order valence-electron chi connectivity index (χ0n) is 18.2. The SMILES string of the molecule is COc1ccc(-c2cn3nc(N4CCCC(C(=O)NCc5ccc(F)cc5)C4)sc3n2)cc1. The average molecular weight is 466 g/mol. The predicted octanol–water partition coefficient (Wildman–Crippen LogP) is 4.14. The Morgan fingerprint density at radius 1 is 1.21 bits per heavy atom. The summed E-state index contributed by atoms with van der Waals surface area (Å²) >= 11 is 1.53. The Kier molecular flexibility index (Phi) is 5.95. The second kappa shape index (κ2) is 9.19. The largest absolute Gasteiger partial charge is 0.497 e. The first-order valence-corrected chi connectivity index (χ1v) is 11.7. The van der Waals surface area contributed by atoms with Crippen LogP contribution in [0.3, 0.4) is 0 Å². The minimum absolute atomic E-state index is 0.0205. The van der Waals surface area contributed by atoms with Gasteiger partial charge in [0.25, 0.3) is 0 Å². The van der Waals surface area contributed by atoms with Gasteiger partial charge >= 0.3 is 0 Å². The van der Waals surface area contributed by atoms with Crippen molar-refractivity contribution in [2.75, 3.05) is 25.1 Å². The highest BCUT2D eigenvalue weighted by Gasteiger charge is 2.27. The quantitative estimate of drug-likeness (QED) is 0.464. The van der Waals surface area contributed by atoms with E-state index < -0.39 is 0 Å². The van der Waals surface area contributed by atoms with E-state index in [1.165, 1.54) is 23.5 Å². The lowest BCUT2D eigenvalue weighted by molar-refractivity contribution is -0.125. The number of amides is 1. The van der Waals surface area contributed by atoms with Gasteiger partial charge in [-0.25, -0.2) is 13.9 Å². The first-order valence-electron chi connectivity index (χ1n) is 10.9. The first-order chi connectivity index (χ1) is 16.1. The lowest BCUT2D eigenvalue weighted by atomic mass is 9.97. The van der Waals surface area contributed by atoms with Gasteiger partial charge in [-0.1, -0.05) is 23.5 Å². The molecule has 1 atom stereocenters. The minimum Gasteiger partial charge on any atom is -0.497 e. The van der Waals surface area contributed by atoms with Crippen LogP contribution in [0.5, 0.6) is 5.75 Å². The summed E-state index contributed by atoms with van der Waals surface area (Å²) in [6.45, 7) is 1.88. The van der Waals surface area contributed by atoms with Crippen LogP contribution in [0.1, 0.15) is 18.4 Å². The fourth-order valence-corrected chi connectivity index (χ4v) is 4.94. The van der Waals surface area contributed by atoms with Gasteiger partial charge in [-0.15, -0.1) is 5.10 Å². The van der Waals surface area contributed by atoms with E-state index in [4.69, 9.17) is 14.8 Å². The maximum atomic E-state index is 13.1. The van der Waals surface area contributed by atoms with Gasteiger partial charge in [-0.05, 0) is 54.8 Å². The zero-order chi connectivity index (χ0) is 22.8. The molecule has 33 heavy (non-hydrogen) atoms. The summed E-state index contributed by atoms with van der Waals surface area (Å²) in [5.41, 5.74) is 2.75. The molecule has 0 spiro atoms. The van der Waals surface area contributed by atoms with Crippen molar-refractivity contribution in [3.63, 3.8) is 0 Å². The first kappa shape index (κ1) is 21.4.